The lowest BCUT2D eigenvalue weighted by Gasteiger charge is -2.38. The van der Waals surface area contributed by atoms with E-state index in [0.29, 0.717) is 5.75 Å². The van der Waals surface area contributed by atoms with Crippen LogP contribution in [0.5, 0.6) is 11.5 Å². The van der Waals surface area contributed by atoms with E-state index in [0.717, 1.165) is 24.3 Å². The molecule has 11 nitrogen and oxygen atoms in total. The Hall–Kier alpha value is -4.50. The van der Waals surface area contributed by atoms with Crippen molar-refractivity contribution in [2.45, 2.75) is 37.1 Å². The van der Waals surface area contributed by atoms with E-state index in [4.69, 9.17) is 9.47 Å². The summed E-state index contributed by atoms with van der Waals surface area (Å²) in [7, 11) is -1.24. The molecule has 1 heterocycles. The summed E-state index contributed by atoms with van der Waals surface area (Å²) in [6.07, 6.45) is -5.32. The smallest absolute Gasteiger partial charge is 0.416 e. The number of anilines is 2. The number of hydrogen-bond donors (Lipinski definition) is 3. The Balaban J connectivity index is 1.64. The van der Waals surface area contributed by atoms with Crippen LogP contribution >= 0.6 is 0 Å². The van der Waals surface area contributed by atoms with Gasteiger partial charge in [0.05, 0.1) is 48.0 Å². The molecule has 0 unspecified atom stereocenters. The first-order chi connectivity index (χ1) is 21.6. The lowest BCUT2D eigenvalue weighted by Crippen LogP contribution is -2.50. The number of amides is 3. The average molecular weight is 665 g/mol. The molecule has 15 heteroatoms. The largest absolute Gasteiger partial charge is 0.497 e. The summed E-state index contributed by atoms with van der Waals surface area (Å²) in [4.78, 5) is 29.4. The number of nitrogens with one attached hydrogen (secondary N) is 2. The zero-order chi connectivity index (χ0) is 33.8. The van der Waals surface area contributed by atoms with E-state index in [1.165, 1.54) is 66.4 Å². The lowest BCUT2D eigenvalue weighted by atomic mass is 9.99. The number of halogens is 3. The number of ether oxygens (including phenoxy) is 2. The first-order valence-corrected chi connectivity index (χ1v) is 15.7. The topological polar surface area (TPSA) is 138 Å². The van der Waals surface area contributed by atoms with Crippen molar-refractivity contribution in [3.63, 3.8) is 0 Å². The SMILES string of the molecule is COc1ccc(S(=O)(=O)Nc2cccc3c2O[C@H](CN(C)C(=O)Nc2ccc(C(F)(F)F)cc2)[C@H](C)CN([C@H](C)CO)C3=O)cc1. The van der Waals surface area contributed by atoms with Gasteiger partial charge in [0.15, 0.2) is 5.75 Å². The number of carbonyl (C=O) groups excluding carboxylic acids is 2. The Morgan fingerprint density at radius 2 is 1.78 bits per heavy atom. The third-order valence-corrected chi connectivity index (χ3v) is 8.95. The molecular weight excluding hydrogens is 629 g/mol. The van der Waals surface area contributed by atoms with Gasteiger partial charge in [0.25, 0.3) is 15.9 Å². The standard InChI is InChI=1S/C31H35F3N4O7S/c1-19-16-38(20(2)18-39)29(40)25-6-5-7-26(36-46(42,43)24-14-12-23(44-4)13-15-24)28(25)45-27(19)17-37(3)30(41)35-22-10-8-21(9-11-22)31(32,33)34/h5-15,19-20,27,36,39H,16-18H2,1-4H3,(H,35,41)/t19-,20-,27-/m1/s1. The van der Waals surface area contributed by atoms with Crippen LogP contribution in [0.2, 0.25) is 0 Å². The van der Waals surface area contributed by atoms with Crippen LogP contribution in [0.4, 0.5) is 29.3 Å². The normalized spacial score (nSPS) is 17.6. The number of sulfonamides is 1. The number of aliphatic hydroxyl groups excluding tert-OH is 1. The van der Waals surface area contributed by atoms with E-state index < -0.39 is 51.8 Å². The number of likely N-dealkylation sites (N-methyl/N-ethyl adjacent to an activating group) is 1. The molecule has 0 fully saturated rings. The van der Waals surface area contributed by atoms with Gasteiger partial charge in [-0.25, -0.2) is 13.2 Å². The van der Waals surface area contributed by atoms with E-state index in [1.807, 2.05) is 0 Å². The molecule has 3 aromatic rings. The van der Waals surface area contributed by atoms with Gasteiger partial charge in [-0.3, -0.25) is 9.52 Å². The van der Waals surface area contributed by atoms with E-state index in [9.17, 15) is 36.3 Å². The van der Waals surface area contributed by atoms with Crippen molar-refractivity contribution in [3.8, 4) is 11.5 Å². The maximum Gasteiger partial charge on any atom is 0.416 e. The number of fused-ring (bicyclic) bond motifs is 1. The van der Waals surface area contributed by atoms with Crippen molar-refractivity contribution in [1.29, 1.82) is 0 Å². The Kier molecular flexibility index (Phi) is 10.4. The van der Waals surface area contributed by atoms with E-state index in [2.05, 4.69) is 10.0 Å². The summed E-state index contributed by atoms with van der Waals surface area (Å²) in [5.74, 6) is -0.522. The average Bonchev–Trinajstić information content (AvgIpc) is 3.02. The summed E-state index contributed by atoms with van der Waals surface area (Å²) in [6.45, 7) is 3.20. The number of urea groups is 1. The second kappa shape index (κ2) is 13.9. The number of rotatable bonds is 9. The molecule has 3 N–H and O–H groups in total. The molecule has 3 aromatic carbocycles. The van der Waals surface area contributed by atoms with Crippen LogP contribution < -0.4 is 19.5 Å². The first kappa shape index (κ1) is 34.4. The van der Waals surface area contributed by atoms with E-state index >= 15 is 0 Å². The number of benzene rings is 3. The fourth-order valence-electron chi connectivity index (χ4n) is 4.81. The van der Waals surface area contributed by atoms with Gasteiger partial charge in [0.1, 0.15) is 11.9 Å². The molecule has 0 saturated heterocycles. The monoisotopic (exact) mass is 664 g/mol. The molecule has 0 radical (unpaired) electrons. The van der Waals surface area contributed by atoms with Crippen LogP contribution in [0, 0.1) is 5.92 Å². The van der Waals surface area contributed by atoms with Crippen molar-refractivity contribution in [1.82, 2.24) is 9.80 Å². The molecule has 3 atom stereocenters. The minimum absolute atomic E-state index is 0.0192. The summed E-state index contributed by atoms with van der Waals surface area (Å²) < 4.78 is 79.5. The second-order valence-corrected chi connectivity index (χ2v) is 12.7. The van der Waals surface area contributed by atoms with Crippen LogP contribution in [-0.2, 0) is 16.2 Å². The molecule has 46 heavy (non-hydrogen) atoms. The fraction of sp³-hybridized carbons (Fsp3) is 0.355. The number of para-hydroxylation sites is 1. The fourth-order valence-corrected chi connectivity index (χ4v) is 5.88. The van der Waals surface area contributed by atoms with Gasteiger partial charge in [-0.05, 0) is 67.6 Å². The summed E-state index contributed by atoms with van der Waals surface area (Å²) in [5.41, 5.74) is -0.687. The summed E-state index contributed by atoms with van der Waals surface area (Å²) in [5, 5.41) is 12.5. The number of alkyl halides is 3. The van der Waals surface area contributed by atoms with Crippen molar-refractivity contribution in [2.24, 2.45) is 5.92 Å². The Bertz CT molecular complexity index is 1650. The number of carbonyl (C=O) groups is 2. The minimum Gasteiger partial charge on any atom is -0.497 e. The predicted octanol–water partition coefficient (Wildman–Crippen LogP) is 4.90. The van der Waals surface area contributed by atoms with Gasteiger partial charge in [0, 0.05) is 25.2 Å². The number of hydrogen-bond acceptors (Lipinski definition) is 7. The minimum atomic E-state index is -4.52. The Labute approximate surface area is 265 Å². The summed E-state index contributed by atoms with van der Waals surface area (Å²) >= 11 is 0. The second-order valence-electron chi connectivity index (χ2n) is 11.0. The van der Waals surface area contributed by atoms with Crippen molar-refractivity contribution in [2.75, 3.05) is 43.9 Å². The molecule has 1 aliphatic heterocycles. The van der Waals surface area contributed by atoms with Gasteiger partial charge in [-0.1, -0.05) is 13.0 Å². The Morgan fingerprint density at radius 1 is 1.13 bits per heavy atom. The number of methoxy groups -OCH3 is 1. The van der Waals surface area contributed by atoms with Crippen molar-refractivity contribution in [3.05, 3.63) is 77.9 Å². The molecule has 0 saturated carbocycles. The third kappa shape index (κ3) is 7.83. The van der Waals surface area contributed by atoms with Gasteiger partial charge >= 0.3 is 12.2 Å². The van der Waals surface area contributed by atoms with Crippen LogP contribution in [0.15, 0.2) is 71.6 Å². The highest BCUT2D eigenvalue weighted by Gasteiger charge is 2.36. The molecule has 4 rings (SSSR count). The summed E-state index contributed by atoms with van der Waals surface area (Å²) in [6, 6.07) is 12.9. The first-order valence-electron chi connectivity index (χ1n) is 14.2. The van der Waals surface area contributed by atoms with Crippen molar-refractivity contribution < 1.29 is 45.8 Å². The van der Waals surface area contributed by atoms with Gasteiger partial charge in [0.2, 0.25) is 0 Å². The highest BCUT2D eigenvalue weighted by Crippen LogP contribution is 2.36. The molecule has 0 bridgehead atoms. The molecule has 1 aliphatic rings. The molecule has 0 aromatic heterocycles. The quantitative estimate of drug-likeness (QED) is 0.296. The molecular formula is C31H35F3N4O7S. The highest BCUT2D eigenvalue weighted by atomic mass is 32.2. The van der Waals surface area contributed by atoms with Crippen LogP contribution in [0.1, 0.15) is 29.8 Å². The lowest BCUT2D eigenvalue weighted by molar-refractivity contribution is -0.137. The van der Waals surface area contributed by atoms with Crippen LogP contribution in [0.25, 0.3) is 0 Å². The maximum atomic E-state index is 13.7. The third-order valence-electron chi connectivity index (χ3n) is 7.57. The highest BCUT2D eigenvalue weighted by molar-refractivity contribution is 7.92. The predicted molar refractivity (Wildman–Crippen MR) is 165 cm³/mol. The molecule has 0 spiro atoms. The van der Waals surface area contributed by atoms with Gasteiger partial charge in [-0.15, -0.1) is 0 Å². The number of nitrogens with zero attached hydrogens (tertiary/aromatic N) is 2. The van der Waals surface area contributed by atoms with Crippen LogP contribution in [0.3, 0.4) is 0 Å². The molecule has 248 valence electrons. The van der Waals surface area contributed by atoms with Crippen LogP contribution in [-0.4, -0.2) is 81.3 Å². The van der Waals surface area contributed by atoms with E-state index in [-0.39, 0.29) is 47.3 Å². The van der Waals surface area contributed by atoms with Gasteiger partial charge in [-0.2, -0.15) is 13.2 Å². The maximum absolute atomic E-state index is 13.7. The molecule has 3 amide bonds. The van der Waals surface area contributed by atoms with E-state index in [1.54, 1.807) is 13.8 Å². The zero-order valence-electron chi connectivity index (χ0n) is 25.5. The zero-order valence-corrected chi connectivity index (χ0v) is 26.4. The Morgan fingerprint density at radius 3 is 2.37 bits per heavy atom. The molecule has 0 aliphatic carbocycles. The van der Waals surface area contributed by atoms with Gasteiger partial charge < -0.3 is 29.7 Å². The van der Waals surface area contributed by atoms with Crippen molar-refractivity contribution >= 4 is 33.3 Å². The number of aliphatic hydroxyl groups is 1.